The summed E-state index contributed by atoms with van der Waals surface area (Å²) in [5, 5.41) is 0. The summed E-state index contributed by atoms with van der Waals surface area (Å²) in [5.41, 5.74) is 0.0338. The number of nitrogens with one attached hydrogen (secondary N) is 1. The van der Waals surface area contributed by atoms with Crippen LogP contribution in [0.4, 0.5) is 5.69 Å². The van der Waals surface area contributed by atoms with Crippen molar-refractivity contribution in [1.29, 1.82) is 0 Å². The first-order valence-electron chi connectivity index (χ1n) is 8.54. The average molecular weight is 429 g/mol. The maximum atomic E-state index is 12.7. The smallest absolute Gasteiger partial charge is 0.262 e. The number of methoxy groups -OCH3 is 2. The minimum Gasteiger partial charge on any atom is -0.497 e. The number of benzene rings is 2. The summed E-state index contributed by atoms with van der Waals surface area (Å²) in [7, 11) is -4.86. The molecule has 0 spiro atoms. The number of nitrogens with zero attached hydrogens (tertiary/aromatic N) is 1. The summed E-state index contributed by atoms with van der Waals surface area (Å²) < 4.78 is 64.8. The molecule has 8 nitrogen and oxygen atoms in total. The summed E-state index contributed by atoms with van der Waals surface area (Å²) in [4.78, 5) is -0.0169. The zero-order valence-corrected chi connectivity index (χ0v) is 17.8. The normalized spacial score (nSPS) is 12.0. The quantitative estimate of drug-likeness (QED) is 0.659. The molecule has 0 unspecified atom stereocenters. The largest absolute Gasteiger partial charge is 0.497 e. The fraction of sp³-hybridized carbons (Fsp3) is 0.333. The number of hydrogen-bond acceptors (Lipinski definition) is 6. The zero-order chi connectivity index (χ0) is 20.9. The van der Waals surface area contributed by atoms with E-state index >= 15 is 0 Å². The van der Waals surface area contributed by atoms with Gasteiger partial charge < -0.3 is 9.47 Å². The van der Waals surface area contributed by atoms with Gasteiger partial charge in [-0.25, -0.2) is 16.8 Å². The van der Waals surface area contributed by atoms with Gasteiger partial charge in [0, 0.05) is 13.1 Å². The van der Waals surface area contributed by atoms with Gasteiger partial charge in [0.1, 0.15) is 11.5 Å². The van der Waals surface area contributed by atoms with E-state index < -0.39 is 20.0 Å². The van der Waals surface area contributed by atoms with Crippen molar-refractivity contribution in [2.24, 2.45) is 0 Å². The Labute approximate surface area is 166 Å². The van der Waals surface area contributed by atoms with Crippen LogP contribution in [0.3, 0.4) is 0 Å². The molecule has 10 heteroatoms. The molecular weight excluding hydrogens is 404 g/mol. The summed E-state index contributed by atoms with van der Waals surface area (Å²) >= 11 is 0. The van der Waals surface area contributed by atoms with E-state index in [1.807, 2.05) is 0 Å². The summed E-state index contributed by atoms with van der Waals surface area (Å²) in [6, 6.07) is 9.89. The first-order valence-corrected chi connectivity index (χ1v) is 11.5. The second kappa shape index (κ2) is 8.80. The molecule has 0 amide bonds. The van der Waals surface area contributed by atoms with Gasteiger partial charge in [-0.15, -0.1) is 0 Å². The fourth-order valence-electron chi connectivity index (χ4n) is 2.60. The van der Waals surface area contributed by atoms with E-state index in [2.05, 4.69) is 4.72 Å². The van der Waals surface area contributed by atoms with Gasteiger partial charge in [-0.1, -0.05) is 13.8 Å². The Morgan fingerprint density at radius 2 is 1.43 bits per heavy atom. The summed E-state index contributed by atoms with van der Waals surface area (Å²) in [5.74, 6) is 0.722. The van der Waals surface area contributed by atoms with E-state index in [0.29, 0.717) is 18.8 Å². The molecule has 0 atom stereocenters. The highest BCUT2D eigenvalue weighted by atomic mass is 32.2. The molecule has 2 rings (SSSR count). The highest BCUT2D eigenvalue weighted by Crippen LogP contribution is 2.31. The van der Waals surface area contributed by atoms with Crippen LogP contribution in [0.1, 0.15) is 13.8 Å². The van der Waals surface area contributed by atoms with Crippen LogP contribution in [0.5, 0.6) is 11.5 Å². The molecule has 0 aliphatic rings. The first kappa shape index (κ1) is 22.0. The third kappa shape index (κ3) is 4.57. The van der Waals surface area contributed by atoms with E-state index in [4.69, 9.17) is 9.47 Å². The maximum absolute atomic E-state index is 12.7. The van der Waals surface area contributed by atoms with Gasteiger partial charge in [0.2, 0.25) is 10.0 Å². The SMILES string of the molecule is CCN(CC)S(=O)(=O)c1ccc(OC)c(NS(=O)(=O)c2ccc(OC)cc2)c1. The molecule has 2 aromatic rings. The maximum Gasteiger partial charge on any atom is 0.262 e. The first-order chi connectivity index (χ1) is 13.2. The Morgan fingerprint density at radius 1 is 0.857 bits per heavy atom. The number of rotatable bonds is 9. The lowest BCUT2D eigenvalue weighted by Crippen LogP contribution is -2.30. The van der Waals surface area contributed by atoms with Crippen LogP contribution in [-0.4, -0.2) is 48.4 Å². The predicted octanol–water partition coefficient (Wildman–Crippen LogP) is 2.54. The van der Waals surface area contributed by atoms with Crippen molar-refractivity contribution in [3.05, 3.63) is 42.5 Å². The van der Waals surface area contributed by atoms with E-state index in [-0.39, 0.29) is 21.2 Å². The monoisotopic (exact) mass is 428 g/mol. The molecule has 2 aromatic carbocycles. The van der Waals surface area contributed by atoms with Crippen LogP contribution in [0.2, 0.25) is 0 Å². The third-order valence-corrected chi connectivity index (χ3v) is 7.56. The second-order valence-corrected chi connectivity index (χ2v) is 9.35. The molecule has 0 bridgehead atoms. The molecule has 0 fully saturated rings. The van der Waals surface area contributed by atoms with Crippen LogP contribution in [0.25, 0.3) is 0 Å². The lowest BCUT2D eigenvalue weighted by Gasteiger charge is -2.20. The number of sulfonamides is 2. The van der Waals surface area contributed by atoms with E-state index in [1.165, 1.54) is 61.0 Å². The summed E-state index contributed by atoms with van der Waals surface area (Å²) in [6.45, 7) is 4.07. The van der Waals surface area contributed by atoms with E-state index in [9.17, 15) is 16.8 Å². The predicted molar refractivity (Wildman–Crippen MR) is 107 cm³/mol. The van der Waals surface area contributed by atoms with Gasteiger partial charge in [0.05, 0.1) is 29.7 Å². The van der Waals surface area contributed by atoms with Gasteiger partial charge in [0.15, 0.2) is 0 Å². The molecule has 154 valence electrons. The van der Waals surface area contributed by atoms with Crippen LogP contribution in [0, 0.1) is 0 Å². The molecule has 0 radical (unpaired) electrons. The summed E-state index contributed by atoms with van der Waals surface area (Å²) in [6.07, 6.45) is 0. The van der Waals surface area contributed by atoms with Crippen molar-refractivity contribution in [2.75, 3.05) is 32.0 Å². The number of anilines is 1. The number of hydrogen-bond donors (Lipinski definition) is 1. The van der Waals surface area contributed by atoms with Gasteiger partial charge >= 0.3 is 0 Å². The van der Waals surface area contributed by atoms with E-state index in [1.54, 1.807) is 13.8 Å². The fourth-order valence-corrected chi connectivity index (χ4v) is 5.14. The van der Waals surface area contributed by atoms with Gasteiger partial charge in [0.25, 0.3) is 10.0 Å². The average Bonchev–Trinajstić information content (AvgIpc) is 2.68. The Hall–Kier alpha value is -2.30. The molecule has 0 aliphatic heterocycles. The third-order valence-electron chi connectivity index (χ3n) is 4.13. The molecule has 1 N–H and O–H groups in total. The van der Waals surface area contributed by atoms with Gasteiger partial charge in [-0.05, 0) is 42.5 Å². The topological polar surface area (TPSA) is 102 Å². The van der Waals surface area contributed by atoms with Crippen molar-refractivity contribution < 1.29 is 26.3 Å². The lowest BCUT2D eigenvalue weighted by molar-refractivity contribution is 0.414. The Morgan fingerprint density at radius 3 is 1.93 bits per heavy atom. The second-order valence-electron chi connectivity index (χ2n) is 5.73. The van der Waals surface area contributed by atoms with Crippen molar-refractivity contribution in [3.63, 3.8) is 0 Å². The molecule has 0 aliphatic carbocycles. The van der Waals surface area contributed by atoms with Crippen LogP contribution < -0.4 is 14.2 Å². The van der Waals surface area contributed by atoms with Gasteiger partial charge in [-0.2, -0.15) is 4.31 Å². The minimum absolute atomic E-state index is 0.00681. The minimum atomic E-state index is -3.96. The molecule has 0 saturated heterocycles. The van der Waals surface area contributed by atoms with Crippen molar-refractivity contribution in [2.45, 2.75) is 23.6 Å². The Kier molecular flexibility index (Phi) is 6.91. The van der Waals surface area contributed by atoms with Crippen molar-refractivity contribution in [3.8, 4) is 11.5 Å². The molecular formula is C18H24N2O6S2. The number of ether oxygens (including phenoxy) is 2. The molecule has 0 saturated carbocycles. The lowest BCUT2D eigenvalue weighted by atomic mass is 10.3. The van der Waals surface area contributed by atoms with Gasteiger partial charge in [-0.3, -0.25) is 4.72 Å². The Bertz CT molecular complexity index is 1010. The van der Waals surface area contributed by atoms with Crippen molar-refractivity contribution >= 4 is 25.7 Å². The zero-order valence-electron chi connectivity index (χ0n) is 16.2. The standard InChI is InChI=1S/C18H24N2O6S2/c1-5-20(6-2)28(23,24)16-11-12-18(26-4)17(13-16)19-27(21,22)15-9-7-14(25-3)8-10-15/h7-13,19H,5-6H2,1-4H3. The highest BCUT2D eigenvalue weighted by molar-refractivity contribution is 7.92. The molecule has 0 heterocycles. The molecule has 0 aromatic heterocycles. The van der Waals surface area contributed by atoms with Crippen LogP contribution in [-0.2, 0) is 20.0 Å². The van der Waals surface area contributed by atoms with Crippen molar-refractivity contribution in [1.82, 2.24) is 4.31 Å². The molecule has 28 heavy (non-hydrogen) atoms. The van der Waals surface area contributed by atoms with Crippen LogP contribution in [0.15, 0.2) is 52.3 Å². The van der Waals surface area contributed by atoms with E-state index in [0.717, 1.165) is 0 Å². The Balaban J connectivity index is 2.46. The van der Waals surface area contributed by atoms with Crippen LogP contribution >= 0.6 is 0 Å². The highest BCUT2D eigenvalue weighted by Gasteiger charge is 2.24.